The molecule has 26 heavy (non-hydrogen) atoms. The number of nitrogens with zero attached hydrogens (tertiary/aromatic N) is 3. The average molecular weight is 398 g/mol. The molecule has 3 rings (SSSR count). The highest BCUT2D eigenvalue weighted by Gasteiger charge is 2.51. The number of alkyl halides is 1. The van der Waals surface area contributed by atoms with E-state index in [1.165, 1.54) is 0 Å². The third-order valence-electron chi connectivity index (χ3n) is 5.29. The van der Waals surface area contributed by atoms with E-state index in [9.17, 15) is 4.79 Å². The van der Waals surface area contributed by atoms with E-state index in [0.29, 0.717) is 17.0 Å². The Morgan fingerprint density at radius 3 is 2.50 bits per heavy atom. The highest BCUT2D eigenvalue weighted by atomic mass is 35.5. The standard InChI is InChI=1S/C17H25BClN3O3S/c1-16(2)17(3,4)25-18(24-16)12-9-20-15(21-10-12)26-13-6-5-7-22(11-13)14(23)8-19/h9-10,13H,5-8,11H2,1-4H3. The summed E-state index contributed by atoms with van der Waals surface area (Å²) in [5.41, 5.74) is 0.0487. The molecule has 2 aliphatic rings. The third-order valence-corrected chi connectivity index (χ3v) is 6.66. The maximum atomic E-state index is 11.8. The molecule has 0 N–H and O–H groups in total. The van der Waals surface area contributed by atoms with Crippen molar-refractivity contribution in [3.05, 3.63) is 12.4 Å². The molecule has 1 unspecified atom stereocenters. The zero-order chi connectivity index (χ0) is 18.9. The van der Waals surface area contributed by atoms with Gasteiger partial charge in [-0.05, 0) is 40.5 Å². The maximum absolute atomic E-state index is 11.8. The quantitative estimate of drug-likeness (QED) is 0.440. The number of hydrogen-bond acceptors (Lipinski definition) is 6. The van der Waals surface area contributed by atoms with Crippen LogP contribution < -0.4 is 5.46 Å². The van der Waals surface area contributed by atoms with Crippen LogP contribution in [0.4, 0.5) is 0 Å². The number of thioether (sulfide) groups is 1. The van der Waals surface area contributed by atoms with Gasteiger partial charge >= 0.3 is 7.12 Å². The number of carbonyl (C=O) groups is 1. The Labute approximate surface area is 164 Å². The highest BCUT2D eigenvalue weighted by Crippen LogP contribution is 2.36. The summed E-state index contributed by atoms with van der Waals surface area (Å²) in [4.78, 5) is 22.5. The molecular formula is C17H25BClN3O3S. The van der Waals surface area contributed by atoms with Gasteiger partial charge < -0.3 is 14.2 Å². The van der Waals surface area contributed by atoms with Crippen LogP contribution in [0.25, 0.3) is 0 Å². The molecule has 1 amide bonds. The third kappa shape index (κ3) is 4.19. The highest BCUT2D eigenvalue weighted by molar-refractivity contribution is 7.99. The van der Waals surface area contributed by atoms with Gasteiger partial charge in [-0.3, -0.25) is 4.79 Å². The molecule has 0 radical (unpaired) electrons. The first-order valence-corrected chi connectivity index (χ1v) is 10.3. The summed E-state index contributed by atoms with van der Waals surface area (Å²) in [6.07, 6.45) is 5.55. The molecule has 0 spiro atoms. The van der Waals surface area contributed by atoms with Gasteiger partial charge in [-0.2, -0.15) is 0 Å². The Kier molecular flexibility index (Phi) is 5.87. The van der Waals surface area contributed by atoms with Gasteiger partial charge in [0.25, 0.3) is 0 Å². The smallest absolute Gasteiger partial charge is 0.399 e. The van der Waals surface area contributed by atoms with Crippen molar-refractivity contribution >= 4 is 41.9 Å². The van der Waals surface area contributed by atoms with Gasteiger partial charge in [-0.1, -0.05) is 11.8 Å². The van der Waals surface area contributed by atoms with E-state index >= 15 is 0 Å². The van der Waals surface area contributed by atoms with Crippen LogP contribution in [0.2, 0.25) is 0 Å². The van der Waals surface area contributed by atoms with Gasteiger partial charge in [0.2, 0.25) is 5.91 Å². The molecule has 2 aliphatic heterocycles. The zero-order valence-corrected chi connectivity index (χ0v) is 17.3. The first-order chi connectivity index (χ1) is 12.2. The van der Waals surface area contributed by atoms with Crippen molar-refractivity contribution in [3.63, 3.8) is 0 Å². The van der Waals surface area contributed by atoms with Gasteiger partial charge in [0.1, 0.15) is 5.88 Å². The minimum absolute atomic E-state index is 0.00556. The van der Waals surface area contributed by atoms with Gasteiger partial charge in [0.15, 0.2) is 5.16 Å². The second-order valence-electron chi connectivity index (χ2n) is 7.74. The molecule has 2 fully saturated rings. The van der Waals surface area contributed by atoms with E-state index in [0.717, 1.165) is 24.8 Å². The van der Waals surface area contributed by atoms with Crippen LogP contribution >= 0.6 is 23.4 Å². The molecule has 0 bridgehead atoms. The largest absolute Gasteiger partial charge is 0.498 e. The summed E-state index contributed by atoms with van der Waals surface area (Å²) in [6, 6.07) is 0. The molecule has 0 saturated carbocycles. The molecule has 1 atom stereocenters. The van der Waals surface area contributed by atoms with Gasteiger partial charge in [-0.15, -0.1) is 11.6 Å². The van der Waals surface area contributed by atoms with Crippen molar-refractivity contribution < 1.29 is 14.1 Å². The van der Waals surface area contributed by atoms with Crippen LogP contribution in [0.15, 0.2) is 17.6 Å². The monoisotopic (exact) mass is 397 g/mol. The number of rotatable bonds is 4. The summed E-state index contributed by atoms with van der Waals surface area (Å²) < 4.78 is 12.1. The van der Waals surface area contributed by atoms with Crippen molar-refractivity contribution in [2.24, 2.45) is 0 Å². The fourth-order valence-electron chi connectivity index (χ4n) is 2.98. The molecular weight excluding hydrogens is 373 g/mol. The van der Waals surface area contributed by atoms with Crippen LogP contribution in [0.3, 0.4) is 0 Å². The molecule has 3 heterocycles. The molecule has 9 heteroatoms. The van der Waals surface area contributed by atoms with Crippen LogP contribution in [0.5, 0.6) is 0 Å². The lowest BCUT2D eigenvalue weighted by molar-refractivity contribution is -0.129. The number of amides is 1. The molecule has 142 valence electrons. The van der Waals surface area contributed by atoms with Gasteiger partial charge in [-0.25, -0.2) is 9.97 Å². The minimum Gasteiger partial charge on any atom is -0.399 e. The van der Waals surface area contributed by atoms with Crippen LogP contribution in [-0.4, -0.2) is 63.3 Å². The minimum atomic E-state index is -0.453. The van der Waals surface area contributed by atoms with E-state index < -0.39 is 7.12 Å². The second-order valence-corrected chi connectivity index (χ2v) is 9.28. The molecule has 2 saturated heterocycles. The van der Waals surface area contributed by atoms with E-state index in [1.807, 2.05) is 32.6 Å². The number of likely N-dealkylation sites (tertiary alicyclic amines) is 1. The lowest BCUT2D eigenvalue weighted by Gasteiger charge is -2.32. The summed E-state index contributed by atoms with van der Waals surface area (Å²) >= 11 is 7.27. The predicted molar refractivity (Wildman–Crippen MR) is 104 cm³/mol. The molecule has 0 aliphatic carbocycles. The maximum Gasteiger partial charge on any atom is 0.498 e. The number of hydrogen-bond donors (Lipinski definition) is 0. The first kappa shape index (κ1) is 19.9. The molecule has 6 nitrogen and oxygen atoms in total. The number of piperidine rings is 1. The normalized spacial score (nSPS) is 24.7. The Morgan fingerprint density at radius 1 is 1.31 bits per heavy atom. The number of carbonyl (C=O) groups excluding carboxylic acids is 1. The van der Waals surface area contributed by atoms with Gasteiger partial charge in [0.05, 0.1) is 11.2 Å². The molecule has 0 aromatic carbocycles. The van der Waals surface area contributed by atoms with Crippen LogP contribution in [0.1, 0.15) is 40.5 Å². The van der Waals surface area contributed by atoms with Crippen LogP contribution in [0, 0.1) is 0 Å². The van der Waals surface area contributed by atoms with E-state index in [4.69, 9.17) is 20.9 Å². The Hall–Kier alpha value is -0.825. The average Bonchev–Trinajstić information content (AvgIpc) is 2.83. The topological polar surface area (TPSA) is 64.5 Å². The summed E-state index contributed by atoms with van der Waals surface area (Å²) in [5.74, 6) is 0.0328. The van der Waals surface area contributed by atoms with E-state index in [1.54, 1.807) is 24.2 Å². The van der Waals surface area contributed by atoms with Crippen molar-refractivity contribution in [3.8, 4) is 0 Å². The Balaban J connectivity index is 1.61. The van der Waals surface area contributed by atoms with Crippen molar-refractivity contribution in [2.75, 3.05) is 19.0 Å². The summed E-state index contributed by atoms with van der Waals surface area (Å²) in [6.45, 7) is 9.57. The number of halogens is 1. The summed E-state index contributed by atoms with van der Waals surface area (Å²) in [7, 11) is -0.453. The van der Waals surface area contributed by atoms with Crippen molar-refractivity contribution in [1.29, 1.82) is 0 Å². The fourth-order valence-corrected chi connectivity index (χ4v) is 4.22. The van der Waals surface area contributed by atoms with Gasteiger partial charge in [0, 0.05) is 36.2 Å². The summed E-state index contributed by atoms with van der Waals surface area (Å²) in [5, 5.41) is 0.994. The molecule has 1 aromatic heterocycles. The Bertz CT molecular complexity index is 643. The van der Waals surface area contributed by atoms with Crippen molar-refractivity contribution in [1.82, 2.24) is 14.9 Å². The van der Waals surface area contributed by atoms with E-state index in [2.05, 4.69) is 9.97 Å². The Morgan fingerprint density at radius 2 is 1.92 bits per heavy atom. The predicted octanol–water partition coefficient (Wildman–Crippen LogP) is 2.10. The fraction of sp³-hybridized carbons (Fsp3) is 0.706. The van der Waals surface area contributed by atoms with Crippen LogP contribution in [-0.2, 0) is 14.1 Å². The lowest BCUT2D eigenvalue weighted by atomic mass is 9.81. The second kappa shape index (κ2) is 7.66. The molecule has 1 aromatic rings. The first-order valence-electron chi connectivity index (χ1n) is 8.90. The number of aromatic nitrogens is 2. The zero-order valence-electron chi connectivity index (χ0n) is 15.7. The van der Waals surface area contributed by atoms with E-state index in [-0.39, 0.29) is 23.0 Å². The van der Waals surface area contributed by atoms with Crippen molar-refractivity contribution in [2.45, 2.75) is 62.1 Å². The lowest BCUT2D eigenvalue weighted by Crippen LogP contribution is -2.41. The SMILES string of the molecule is CC1(C)OB(c2cnc(SC3CCCN(C(=O)CCl)C3)nc2)OC1(C)C.